The standard InChI is InChI=1S/C18H29NOS/c1-3-12-19-17(14-21-13-15-8-4-5-9-15)16-10-6-7-11-18(16)20-2/h6-7,10-11,15,17,19H,3-5,8-9,12-14H2,1-2H3. The summed E-state index contributed by atoms with van der Waals surface area (Å²) in [4.78, 5) is 0. The molecule has 1 aliphatic carbocycles. The third kappa shape index (κ3) is 5.23. The third-order valence-electron chi connectivity index (χ3n) is 4.27. The molecule has 1 aliphatic rings. The van der Waals surface area contributed by atoms with Gasteiger partial charge in [0.2, 0.25) is 0 Å². The van der Waals surface area contributed by atoms with Gasteiger partial charge in [-0.25, -0.2) is 0 Å². The molecule has 3 heteroatoms. The van der Waals surface area contributed by atoms with Crippen LogP contribution in [0.15, 0.2) is 24.3 Å². The number of thioether (sulfide) groups is 1. The zero-order valence-corrected chi connectivity index (χ0v) is 14.3. The summed E-state index contributed by atoms with van der Waals surface area (Å²) < 4.78 is 5.54. The molecular weight excluding hydrogens is 278 g/mol. The van der Waals surface area contributed by atoms with Gasteiger partial charge in [-0.1, -0.05) is 38.0 Å². The van der Waals surface area contributed by atoms with Gasteiger partial charge >= 0.3 is 0 Å². The Bertz CT molecular complexity index is 404. The molecule has 0 aliphatic heterocycles. The second-order valence-electron chi connectivity index (χ2n) is 5.94. The van der Waals surface area contributed by atoms with Gasteiger partial charge in [-0.2, -0.15) is 11.8 Å². The van der Waals surface area contributed by atoms with Crippen molar-refractivity contribution < 1.29 is 4.74 Å². The average Bonchev–Trinajstić information content (AvgIpc) is 3.04. The molecule has 2 rings (SSSR count). The molecule has 1 N–H and O–H groups in total. The highest BCUT2D eigenvalue weighted by Gasteiger charge is 2.18. The van der Waals surface area contributed by atoms with E-state index in [0.29, 0.717) is 6.04 Å². The van der Waals surface area contributed by atoms with E-state index < -0.39 is 0 Å². The molecule has 21 heavy (non-hydrogen) atoms. The minimum Gasteiger partial charge on any atom is -0.496 e. The Hall–Kier alpha value is -0.670. The summed E-state index contributed by atoms with van der Waals surface area (Å²) >= 11 is 2.11. The summed E-state index contributed by atoms with van der Waals surface area (Å²) in [5.74, 6) is 4.42. The van der Waals surface area contributed by atoms with Crippen LogP contribution in [0.3, 0.4) is 0 Å². The van der Waals surface area contributed by atoms with E-state index in [1.165, 1.54) is 43.4 Å². The van der Waals surface area contributed by atoms with Crippen LogP contribution in [0.5, 0.6) is 5.75 Å². The highest BCUT2D eigenvalue weighted by atomic mass is 32.2. The Morgan fingerprint density at radius 1 is 1.29 bits per heavy atom. The third-order valence-corrected chi connectivity index (χ3v) is 5.54. The molecule has 0 spiro atoms. The maximum Gasteiger partial charge on any atom is 0.123 e. The topological polar surface area (TPSA) is 21.3 Å². The Morgan fingerprint density at radius 2 is 2.05 bits per heavy atom. The van der Waals surface area contributed by atoms with Gasteiger partial charge in [0.1, 0.15) is 5.75 Å². The number of hydrogen-bond donors (Lipinski definition) is 1. The van der Waals surface area contributed by atoms with Crippen LogP contribution in [0.2, 0.25) is 0 Å². The maximum atomic E-state index is 5.54. The molecule has 0 radical (unpaired) electrons. The summed E-state index contributed by atoms with van der Waals surface area (Å²) in [5.41, 5.74) is 1.30. The lowest BCUT2D eigenvalue weighted by Crippen LogP contribution is -2.25. The molecule has 1 aromatic rings. The van der Waals surface area contributed by atoms with Crippen LogP contribution in [0.4, 0.5) is 0 Å². The molecule has 1 saturated carbocycles. The zero-order valence-electron chi connectivity index (χ0n) is 13.4. The van der Waals surface area contributed by atoms with Gasteiger partial charge in [-0.15, -0.1) is 0 Å². The van der Waals surface area contributed by atoms with E-state index in [2.05, 4.69) is 42.2 Å². The normalized spacial score (nSPS) is 17.0. The summed E-state index contributed by atoms with van der Waals surface area (Å²) in [6.45, 7) is 3.28. The lowest BCUT2D eigenvalue weighted by Gasteiger charge is -2.21. The van der Waals surface area contributed by atoms with Crippen molar-refractivity contribution in [2.45, 2.75) is 45.1 Å². The van der Waals surface area contributed by atoms with E-state index in [9.17, 15) is 0 Å². The van der Waals surface area contributed by atoms with E-state index >= 15 is 0 Å². The second-order valence-corrected chi connectivity index (χ2v) is 7.01. The molecule has 118 valence electrons. The van der Waals surface area contributed by atoms with Gasteiger partial charge in [0.25, 0.3) is 0 Å². The highest BCUT2D eigenvalue weighted by molar-refractivity contribution is 7.99. The van der Waals surface area contributed by atoms with Crippen LogP contribution >= 0.6 is 11.8 Å². The van der Waals surface area contributed by atoms with Gasteiger partial charge < -0.3 is 10.1 Å². The van der Waals surface area contributed by atoms with Crippen molar-refractivity contribution in [1.29, 1.82) is 0 Å². The van der Waals surface area contributed by atoms with Crippen molar-refractivity contribution in [1.82, 2.24) is 5.32 Å². The van der Waals surface area contributed by atoms with Crippen molar-refractivity contribution in [3.63, 3.8) is 0 Å². The molecular formula is C18H29NOS. The van der Waals surface area contributed by atoms with Crippen LogP contribution in [-0.2, 0) is 0 Å². The van der Waals surface area contributed by atoms with Gasteiger partial charge in [-0.3, -0.25) is 0 Å². The fourth-order valence-electron chi connectivity index (χ4n) is 3.06. The Kier molecular flexibility index (Phi) is 7.45. The van der Waals surface area contributed by atoms with Gasteiger partial charge in [0.05, 0.1) is 7.11 Å². The second kappa shape index (κ2) is 9.37. The van der Waals surface area contributed by atoms with Crippen molar-refractivity contribution in [3.8, 4) is 5.75 Å². The lowest BCUT2D eigenvalue weighted by molar-refractivity contribution is 0.402. The fourth-order valence-corrected chi connectivity index (χ4v) is 4.40. The fraction of sp³-hybridized carbons (Fsp3) is 0.667. The average molecular weight is 308 g/mol. The molecule has 0 bridgehead atoms. The van der Waals surface area contributed by atoms with Gasteiger partial charge in [0, 0.05) is 17.4 Å². The number of ether oxygens (including phenoxy) is 1. The predicted octanol–water partition coefficient (Wildman–Crippen LogP) is 4.66. The zero-order chi connectivity index (χ0) is 14.9. The monoisotopic (exact) mass is 307 g/mol. The molecule has 1 unspecified atom stereocenters. The van der Waals surface area contributed by atoms with Gasteiger partial charge in [0.15, 0.2) is 0 Å². The molecule has 1 atom stereocenters. The first-order chi connectivity index (χ1) is 10.3. The van der Waals surface area contributed by atoms with E-state index in [1.807, 2.05) is 6.07 Å². The SMILES string of the molecule is CCCNC(CSCC1CCCC1)c1ccccc1OC. The quantitative estimate of drug-likeness (QED) is 0.717. The van der Waals surface area contributed by atoms with Crippen molar-refractivity contribution >= 4 is 11.8 Å². The summed E-state index contributed by atoms with van der Waals surface area (Å²) in [6.07, 6.45) is 6.92. The molecule has 1 aromatic carbocycles. The van der Waals surface area contributed by atoms with E-state index in [-0.39, 0.29) is 0 Å². The lowest BCUT2D eigenvalue weighted by atomic mass is 10.1. The molecule has 0 heterocycles. The largest absolute Gasteiger partial charge is 0.496 e. The minimum atomic E-state index is 0.396. The minimum absolute atomic E-state index is 0.396. The van der Waals surface area contributed by atoms with Gasteiger partial charge in [-0.05, 0) is 43.5 Å². The number of methoxy groups -OCH3 is 1. The van der Waals surface area contributed by atoms with Crippen LogP contribution < -0.4 is 10.1 Å². The van der Waals surface area contributed by atoms with E-state index in [1.54, 1.807) is 7.11 Å². The summed E-state index contributed by atoms with van der Waals surface area (Å²) in [5, 5.41) is 3.68. The van der Waals surface area contributed by atoms with Crippen LogP contribution in [0.25, 0.3) is 0 Å². The number of benzene rings is 1. The Labute approximate surface area is 134 Å². The van der Waals surface area contributed by atoms with Crippen LogP contribution in [-0.4, -0.2) is 25.2 Å². The Morgan fingerprint density at radius 3 is 2.76 bits per heavy atom. The van der Waals surface area contributed by atoms with E-state index in [4.69, 9.17) is 4.74 Å². The van der Waals surface area contributed by atoms with Crippen LogP contribution in [0, 0.1) is 5.92 Å². The predicted molar refractivity (Wildman–Crippen MR) is 93.3 cm³/mol. The number of hydrogen-bond acceptors (Lipinski definition) is 3. The first-order valence-corrected chi connectivity index (χ1v) is 9.44. The van der Waals surface area contributed by atoms with E-state index in [0.717, 1.165) is 24.0 Å². The molecule has 1 fully saturated rings. The summed E-state index contributed by atoms with van der Waals surface area (Å²) in [6, 6.07) is 8.82. The van der Waals surface area contributed by atoms with Crippen molar-refractivity contribution in [2.75, 3.05) is 25.2 Å². The molecule has 0 aromatic heterocycles. The van der Waals surface area contributed by atoms with Crippen LogP contribution in [0.1, 0.15) is 50.6 Å². The number of para-hydroxylation sites is 1. The van der Waals surface area contributed by atoms with Crippen molar-refractivity contribution in [2.24, 2.45) is 5.92 Å². The Balaban J connectivity index is 1.92. The molecule has 0 amide bonds. The van der Waals surface area contributed by atoms with Crippen molar-refractivity contribution in [3.05, 3.63) is 29.8 Å². The number of nitrogens with one attached hydrogen (secondary N) is 1. The first kappa shape index (κ1) is 16.7. The first-order valence-electron chi connectivity index (χ1n) is 8.29. The maximum absolute atomic E-state index is 5.54. The smallest absolute Gasteiger partial charge is 0.123 e. The highest BCUT2D eigenvalue weighted by Crippen LogP contribution is 2.31. The number of rotatable bonds is 9. The summed E-state index contributed by atoms with van der Waals surface area (Å²) in [7, 11) is 1.77. The molecule has 2 nitrogen and oxygen atoms in total. The molecule has 0 saturated heterocycles.